The maximum absolute atomic E-state index is 12.3. The van der Waals surface area contributed by atoms with Crippen LogP contribution in [-0.4, -0.2) is 35.1 Å². The van der Waals surface area contributed by atoms with Gasteiger partial charge in [-0.05, 0) is 37.3 Å². The summed E-state index contributed by atoms with van der Waals surface area (Å²) in [5.74, 6) is 0.890. The zero-order valence-corrected chi connectivity index (χ0v) is 16.3. The molecule has 0 aliphatic heterocycles. The minimum Gasteiger partial charge on any atom is -0.493 e. The number of esters is 1. The number of methoxy groups -OCH3 is 2. The molecule has 0 amide bonds. The van der Waals surface area contributed by atoms with Gasteiger partial charge in [-0.3, -0.25) is 0 Å². The number of aromatic nitrogens is 3. The monoisotopic (exact) mass is 395 g/mol. The summed E-state index contributed by atoms with van der Waals surface area (Å²) in [5, 5.41) is 3.05. The predicted molar refractivity (Wildman–Crippen MR) is 107 cm³/mol. The number of nitrogens with two attached hydrogens (primary N) is 1. The fraction of sp³-hybridized carbons (Fsp3) is 0.200. The van der Waals surface area contributed by atoms with Crippen LogP contribution >= 0.6 is 0 Å². The molecule has 0 saturated carbocycles. The number of aryl methyl sites for hydroxylation is 1. The number of ether oxygens (including phenoxy) is 3. The summed E-state index contributed by atoms with van der Waals surface area (Å²) in [6, 6.07) is 12.4. The van der Waals surface area contributed by atoms with E-state index in [4.69, 9.17) is 19.9 Å². The zero-order chi connectivity index (χ0) is 20.8. The smallest absolute Gasteiger partial charge is 0.338 e. The van der Waals surface area contributed by atoms with Crippen molar-refractivity contribution in [2.45, 2.75) is 13.5 Å². The minimum atomic E-state index is -0.557. The molecule has 0 fully saturated rings. The maximum atomic E-state index is 12.3. The standard InChI is InChI=1S/C20H21N5O4/c1-12-4-7-14(8-5-12)22-20-24-17(23-19(21)25-20)11-29-18(26)13-6-9-15(27-2)16(10-13)28-3/h4-10H,11H2,1-3H3,(H3,21,22,23,24,25). The fourth-order valence-electron chi connectivity index (χ4n) is 2.50. The Hall–Kier alpha value is -3.88. The Labute approximate surface area is 167 Å². The van der Waals surface area contributed by atoms with Gasteiger partial charge in [-0.25, -0.2) is 4.79 Å². The van der Waals surface area contributed by atoms with Gasteiger partial charge in [0, 0.05) is 5.69 Å². The molecule has 0 atom stereocenters. The Morgan fingerprint density at radius 3 is 2.41 bits per heavy atom. The highest BCUT2D eigenvalue weighted by Crippen LogP contribution is 2.27. The first-order valence-corrected chi connectivity index (χ1v) is 8.71. The minimum absolute atomic E-state index is 0.0202. The van der Waals surface area contributed by atoms with E-state index in [9.17, 15) is 4.79 Å². The van der Waals surface area contributed by atoms with Crippen LogP contribution < -0.4 is 20.5 Å². The highest BCUT2D eigenvalue weighted by Gasteiger charge is 2.14. The molecule has 0 aliphatic rings. The number of nitrogens with one attached hydrogen (secondary N) is 1. The van der Waals surface area contributed by atoms with Gasteiger partial charge in [0.25, 0.3) is 0 Å². The molecule has 0 spiro atoms. The summed E-state index contributed by atoms with van der Waals surface area (Å²) in [5.41, 5.74) is 7.99. The van der Waals surface area contributed by atoms with E-state index in [0.717, 1.165) is 11.3 Å². The average Bonchev–Trinajstić information content (AvgIpc) is 2.72. The van der Waals surface area contributed by atoms with E-state index in [0.29, 0.717) is 17.1 Å². The van der Waals surface area contributed by atoms with Crippen molar-refractivity contribution in [2.75, 3.05) is 25.3 Å². The van der Waals surface area contributed by atoms with Crippen LogP contribution in [0.5, 0.6) is 11.5 Å². The molecule has 0 radical (unpaired) electrons. The number of nitrogen functional groups attached to an aromatic ring is 1. The quantitative estimate of drug-likeness (QED) is 0.581. The summed E-state index contributed by atoms with van der Waals surface area (Å²) in [6.45, 7) is 1.83. The van der Waals surface area contributed by atoms with Crippen molar-refractivity contribution in [3.05, 3.63) is 59.4 Å². The molecule has 29 heavy (non-hydrogen) atoms. The Morgan fingerprint density at radius 1 is 1.00 bits per heavy atom. The van der Waals surface area contributed by atoms with Gasteiger partial charge < -0.3 is 25.3 Å². The van der Waals surface area contributed by atoms with Gasteiger partial charge in [0.1, 0.15) is 0 Å². The number of carbonyl (C=O) groups excluding carboxylic acids is 1. The molecule has 2 aromatic carbocycles. The van der Waals surface area contributed by atoms with Crippen LogP contribution in [0.15, 0.2) is 42.5 Å². The first-order valence-electron chi connectivity index (χ1n) is 8.71. The number of hydrogen-bond acceptors (Lipinski definition) is 9. The van der Waals surface area contributed by atoms with E-state index in [1.807, 2.05) is 31.2 Å². The summed E-state index contributed by atoms with van der Waals surface area (Å²) in [7, 11) is 3.01. The third-order valence-electron chi connectivity index (χ3n) is 3.96. The van der Waals surface area contributed by atoms with Gasteiger partial charge >= 0.3 is 5.97 Å². The van der Waals surface area contributed by atoms with Gasteiger partial charge in [0.05, 0.1) is 19.8 Å². The van der Waals surface area contributed by atoms with Crippen LogP contribution in [-0.2, 0) is 11.3 Å². The lowest BCUT2D eigenvalue weighted by atomic mass is 10.2. The lowest BCUT2D eigenvalue weighted by Gasteiger charge is -2.10. The molecule has 0 unspecified atom stereocenters. The van der Waals surface area contributed by atoms with Crippen LogP contribution in [0.25, 0.3) is 0 Å². The molecule has 9 nitrogen and oxygen atoms in total. The van der Waals surface area contributed by atoms with Crippen LogP contribution in [0, 0.1) is 6.92 Å². The summed E-state index contributed by atoms with van der Waals surface area (Å²) in [6.07, 6.45) is 0. The van der Waals surface area contributed by atoms with E-state index in [1.54, 1.807) is 12.1 Å². The van der Waals surface area contributed by atoms with Crippen LogP contribution in [0.3, 0.4) is 0 Å². The molecule has 1 heterocycles. The molecule has 0 saturated heterocycles. The van der Waals surface area contributed by atoms with Gasteiger partial charge in [-0.15, -0.1) is 0 Å². The summed E-state index contributed by atoms with van der Waals surface area (Å²) >= 11 is 0. The predicted octanol–water partition coefficient (Wildman–Crippen LogP) is 2.88. The van der Waals surface area contributed by atoms with Crippen molar-refractivity contribution in [1.29, 1.82) is 0 Å². The molecule has 0 aliphatic carbocycles. The van der Waals surface area contributed by atoms with Crippen molar-refractivity contribution in [2.24, 2.45) is 0 Å². The van der Waals surface area contributed by atoms with Crippen molar-refractivity contribution in [3.8, 4) is 11.5 Å². The first kappa shape index (κ1) is 19.9. The zero-order valence-electron chi connectivity index (χ0n) is 16.3. The Kier molecular flexibility index (Phi) is 6.08. The fourth-order valence-corrected chi connectivity index (χ4v) is 2.50. The Bertz CT molecular complexity index is 1010. The van der Waals surface area contributed by atoms with Crippen molar-refractivity contribution in [1.82, 2.24) is 15.0 Å². The van der Waals surface area contributed by atoms with E-state index in [2.05, 4.69) is 20.3 Å². The van der Waals surface area contributed by atoms with Gasteiger partial charge in [0.15, 0.2) is 23.9 Å². The molecule has 3 rings (SSSR count). The average molecular weight is 395 g/mol. The highest BCUT2D eigenvalue weighted by molar-refractivity contribution is 5.90. The summed E-state index contributed by atoms with van der Waals surface area (Å²) in [4.78, 5) is 24.6. The van der Waals surface area contributed by atoms with Gasteiger partial charge in [-0.2, -0.15) is 15.0 Å². The lowest BCUT2D eigenvalue weighted by molar-refractivity contribution is 0.0461. The second-order valence-corrected chi connectivity index (χ2v) is 6.07. The number of anilines is 3. The van der Waals surface area contributed by atoms with Gasteiger partial charge in [0.2, 0.25) is 11.9 Å². The number of carbonyl (C=O) groups is 1. The molecule has 3 N–H and O–H groups in total. The summed E-state index contributed by atoms with van der Waals surface area (Å²) < 4.78 is 15.6. The maximum Gasteiger partial charge on any atom is 0.338 e. The molecule has 3 aromatic rings. The van der Waals surface area contributed by atoms with E-state index in [1.165, 1.54) is 20.3 Å². The number of benzene rings is 2. The van der Waals surface area contributed by atoms with E-state index < -0.39 is 5.97 Å². The third kappa shape index (κ3) is 5.10. The normalized spacial score (nSPS) is 10.3. The van der Waals surface area contributed by atoms with E-state index >= 15 is 0 Å². The van der Waals surface area contributed by atoms with Crippen LogP contribution in [0.2, 0.25) is 0 Å². The van der Waals surface area contributed by atoms with Crippen molar-refractivity contribution < 1.29 is 19.0 Å². The highest BCUT2D eigenvalue weighted by atomic mass is 16.5. The van der Waals surface area contributed by atoms with Crippen LogP contribution in [0.4, 0.5) is 17.6 Å². The SMILES string of the molecule is COc1ccc(C(=O)OCc2nc(N)nc(Nc3ccc(C)cc3)n2)cc1OC. The van der Waals surface area contributed by atoms with Crippen LogP contribution in [0.1, 0.15) is 21.7 Å². The number of rotatable bonds is 7. The molecular formula is C20H21N5O4. The third-order valence-corrected chi connectivity index (χ3v) is 3.96. The lowest BCUT2D eigenvalue weighted by Crippen LogP contribution is -2.11. The molecule has 9 heteroatoms. The second kappa shape index (κ2) is 8.87. The largest absolute Gasteiger partial charge is 0.493 e. The van der Waals surface area contributed by atoms with E-state index in [-0.39, 0.29) is 24.3 Å². The van der Waals surface area contributed by atoms with Gasteiger partial charge in [-0.1, -0.05) is 17.7 Å². The first-order chi connectivity index (χ1) is 14.0. The van der Waals surface area contributed by atoms with Crippen molar-refractivity contribution >= 4 is 23.6 Å². The second-order valence-electron chi connectivity index (χ2n) is 6.07. The van der Waals surface area contributed by atoms with Crippen molar-refractivity contribution in [3.63, 3.8) is 0 Å². The molecule has 1 aromatic heterocycles. The Balaban J connectivity index is 1.69. The Morgan fingerprint density at radius 2 is 1.72 bits per heavy atom. The number of nitrogens with zero attached hydrogens (tertiary/aromatic N) is 3. The molecular weight excluding hydrogens is 374 g/mol. The number of hydrogen-bond donors (Lipinski definition) is 2. The topological polar surface area (TPSA) is 121 Å². The molecule has 0 bridgehead atoms. The molecule has 150 valence electrons.